The van der Waals surface area contributed by atoms with E-state index in [1.54, 1.807) is 7.05 Å². The second-order valence-corrected chi connectivity index (χ2v) is 5.75. The summed E-state index contributed by atoms with van der Waals surface area (Å²) in [5.74, 6) is 0.266. The Balaban J connectivity index is 2.64. The molecule has 0 aromatic heterocycles. The molecule has 0 fully saturated rings. The van der Waals surface area contributed by atoms with Gasteiger partial charge in [0.1, 0.15) is 5.75 Å². The summed E-state index contributed by atoms with van der Waals surface area (Å²) < 4.78 is 23.5. The van der Waals surface area contributed by atoms with Crippen molar-refractivity contribution in [2.45, 2.75) is 17.4 Å². The molecule has 0 aliphatic carbocycles. The molecule has 0 amide bonds. The van der Waals surface area contributed by atoms with Crippen LogP contribution >= 0.6 is 0 Å². The smallest absolute Gasteiger partial charge is 0.178 e. The molecular formula is C10H13NO3S. The summed E-state index contributed by atoms with van der Waals surface area (Å²) in [4.78, 5) is 0.339. The first-order valence-corrected chi connectivity index (χ1v) is 6.43. The zero-order valence-electron chi connectivity index (χ0n) is 8.40. The summed E-state index contributed by atoms with van der Waals surface area (Å²) >= 11 is 0. The molecule has 0 saturated heterocycles. The monoisotopic (exact) mass is 227 g/mol. The molecular weight excluding hydrogens is 214 g/mol. The molecule has 5 heteroatoms. The highest BCUT2D eigenvalue weighted by Crippen LogP contribution is 2.33. The molecule has 0 saturated carbocycles. The Morgan fingerprint density at radius 1 is 1.47 bits per heavy atom. The first-order valence-electron chi connectivity index (χ1n) is 4.77. The van der Waals surface area contributed by atoms with Crippen LogP contribution in [0.25, 0.3) is 0 Å². The van der Waals surface area contributed by atoms with E-state index in [1.807, 2.05) is 0 Å². The van der Waals surface area contributed by atoms with Gasteiger partial charge < -0.3 is 10.4 Å². The molecule has 1 atom stereocenters. The standard InChI is InChI=1S/C10H13NO3S/c1-11-9-4-5-15(13,14)10-3-2-7(12)6-8(9)10/h2-3,6,9,11-12H,4-5H2,1H3. The average molecular weight is 227 g/mol. The Kier molecular flexibility index (Phi) is 2.44. The van der Waals surface area contributed by atoms with Gasteiger partial charge in [0.2, 0.25) is 0 Å². The second kappa shape index (κ2) is 3.50. The first kappa shape index (κ1) is 10.4. The SMILES string of the molecule is CNC1CCS(=O)(=O)c2ccc(O)cc21. The largest absolute Gasteiger partial charge is 0.508 e. The van der Waals surface area contributed by atoms with E-state index in [0.29, 0.717) is 16.9 Å². The topological polar surface area (TPSA) is 66.4 Å². The van der Waals surface area contributed by atoms with Gasteiger partial charge in [-0.25, -0.2) is 8.42 Å². The Hall–Kier alpha value is -1.07. The molecule has 1 aromatic rings. The maximum atomic E-state index is 11.7. The van der Waals surface area contributed by atoms with Crippen LogP contribution in [0.15, 0.2) is 23.1 Å². The number of nitrogens with one attached hydrogen (secondary N) is 1. The zero-order valence-corrected chi connectivity index (χ0v) is 9.21. The van der Waals surface area contributed by atoms with Gasteiger partial charge in [-0.3, -0.25) is 0 Å². The van der Waals surface area contributed by atoms with Gasteiger partial charge in [0.15, 0.2) is 9.84 Å². The molecule has 0 spiro atoms. The van der Waals surface area contributed by atoms with Crippen molar-refractivity contribution >= 4 is 9.84 Å². The maximum Gasteiger partial charge on any atom is 0.178 e. The number of phenols is 1. The van der Waals surface area contributed by atoms with Gasteiger partial charge in [-0.05, 0) is 37.2 Å². The van der Waals surface area contributed by atoms with Crippen molar-refractivity contribution in [3.8, 4) is 5.75 Å². The summed E-state index contributed by atoms with van der Waals surface area (Å²) in [6.07, 6.45) is 0.551. The van der Waals surface area contributed by atoms with Crippen molar-refractivity contribution in [3.05, 3.63) is 23.8 Å². The number of rotatable bonds is 1. The third-order valence-electron chi connectivity index (χ3n) is 2.73. The number of fused-ring (bicyclic) bond motifs is 1. The fourth-order valence-electron chi connectivity index (χ4n) is 1.93. The molecule has 1 aromatic carbocycles. The van der Waals surface area contributed by atoms with Crippen molar-refractivity contribution < 1.29 is 13.5 Å². The highest BCUT2D eigenvalue weighted by Gasteiger charge is 2.29. The normalized spacial score (nSPS) is 23.4. The highest BCUT2D eigenvalue weighted by atomic mass is 32.2. The molecule has 2 rings (SSSR count). The van der Waals surface area contributed by atoms with E-state index in [0.717, 1.165) is 0 Å². The van der Waals surface area contributed by atoms with Crippen LogP contribution in [0, 0.1) is 0 Å². The van der Waals surface area contributed by atoms with Crippen LogP contribution < -0.4 is 5.32 Å². The number of sulfone groups is 1. The van der Waals surface area contributed by atoms with Crippen LogP contribution in [0.2, 0.25) is 0 Å². The summed E-state index contributed by atoms with van der Waals surface area (Å²) in [7, 11) is -1.36. The van der Waals surface area contributed by atoms with Crippen molar-refractivity contribution in [1.29, 1.82) is 0 Å². The minimum atomic E-state index is -3.15. The van der Waals surface area contributed by atoms with Gasteiger partial charge in [-0.1, -0.05) is 0 Å². The lowest BCUT2D eigenvalue weighted by molar-refractivity contribution is 0.468. The number of phenolic OH excluding ortho intramolecular Hbond substituents is 1. The lowest BCUT2D eigenvalue weighted by Gasteiger charge is -2.24. The molecule has 0 radical (unpaired) electrons. The van der Waals surface area contributed by atoms with Crippen LogP contribution in [0.5, 0.6) is 5.75 Å². The summed E-state index contributed by atoms with van der Waals surface area (Å²) in [6, 6.07) is 4.42. The lowest BCUT2D eigenvalue weighted by Crippen LogP contribution is -2.27. The van der Waals surface area contributed by atoms with Crippen molar-refractivity contribution in [2.75, 3.05) is 12.8 Å². The van der Waals surface area contributed by atoms with E-state index in [1.165, 1.54) is 18.2 Å². The Morgan fingerprint density at radius 2 is 2.20 bits per heavy atom. The third kappa shape index (κ3) is 1.72. The average Bonchev–Trinajstić information content (AvgIpc) is 2.17. The van der Waals surface area contributed by atoms with Gasteiger partial charge >= 0.3 is 0 Å². The van der Waals surface area contributed by atoms with Crippen LogP contribution in [0.3, 0.4) is 0 Å². The molecule has 4 nitrogen and oxygen atoms in total. The Labute approximate surface area is 88.9 Å². The van der Waals surface area contributed by atoms with Gasteiger partial charge in [-0.15, -0.1) is 0 Å². The quantitative estimate of drug-likeness (QED) is 0.745. The van der Waals surface area contributed by atoms with Crippen LogP contribution in [-0.4, -0.2) is 26.3 Å². The van der Waals surface area contributed by atoms with Crippen LogP contribution in [0.1, 0.15) is 18.0 Å². The summed E-state index contributed by atoms with van der Waals surface area (Å²) in [5, 5.41) is 12.4. The number of hydrogen-bond donors (Lipinski definition) is 2. The molecule has 82 valence electrons. The van der Waals surface area contributed by atoms with E-state index < -0.39 is 9.84 Å². The molecule has 0 bridgehead atoms. The van der Waals surface area contributed by atoms with Gasteiger partial charge in [0.05, 0.1) is 10.6 Å². The van der Waals surface area contributed by atoms with Crippen molar-refractivity contribution in [3.63, 3.8) is 0 Å². The Bertz CT molecular complexity index is 481. The van der Waals surface area contributed by atoms with Gasteiger partial charge in [-0.2, -0.15) is 0 Å². The van der Waals surface area contributed by atoms with Crippen molar-refractivity contribution in [1.82, 2.24) is 5.32 Å². The molecule has 2 N–H and O–H groups in total. The van der Waals surface area contributed by atoms with Gasteiger partial charge in [0, 0.05) is 6.04 Å². The maximum absolute atomic E-state index is 11.7. The van der Waals surface area contributed by atoms with E-state index in [9.17, 15) is 13.5 Å². The third-order valence-corrected chi connectivity index (χ3v) is 4.54. The van der Waals surface area contributed by atoms with Crippen molar-refractivity contribution in [2.24, 2.45) is 0 Å². The van der Waals surface area contributed by atoms with E-state index in [-0.39, 0.29) is 17.5 Å². The predicted molar refractivity (Wildman–Crippen MR) is 56.6 cm³/mol. The number of aromatic hydroxyl groups is 1. The van der Waals surface area contributed by atoms with E-state index in [4.69, 9.17) is 0 Å². The zero-order chi connectivity index (χ0) is 11.1. The number of hydrogen-bond acceptors (Lipinski definition) is 4. The molecule has 1 aliphatic heterocycles. The molecule has 1 heterocycles. The Morgan fingerprint density at radius 3 is 2.87 bits per heavy atom. The number of benzene rings is 1. The van der Waals surface area contributed by atoms with Crippen LogP contribution in [-0.2, 0) is 9.84 Å². The lowest BCUT2D eigenvalue weighted by atomic mass is 10.0. The first-order chi connectivity index (χ1) is 7.04. The molecule has 1 aliphatic rings. The minimum Gasteiger partial charge on any atom is -0.508 e. The molecule has 1 unspecified atom stereocenters. The summed E-state index contributed by atoms with van der Waals surface area (Å²) in [5.41, 5.74) is 0.670. The fraction of sp³-hybridized carbons (Fsp3) is 0.400. The minimum absolute atomic E-state index is 0.00984. The predicted octanol–water partition coefficient (Wildman–Crippen LogP) is 0.830. The summed E-state index contributed by atoms with van der Waals surface area (Å²) in [6.45, 7) is 0. The fourth-order valence-corrected chi connectivity index (χ4v) is 3.53. The van der Waals surface area contributed by atoms with Crippen LogP contribution in [0.4, 0.5) is 0 Å². The van der Waals surface area contributed by atoms with E-state index >= 15 is 0 Å². The molecule has 15 heavy (non-hydrogen) atoms. The second-order valence-electron chi connectivity index (χ2n) is 3.67. The van der Waals surface area contributed by atoms with E-state index in [2.05, 4.69) is 5.32 Å². The van der Waals surface area contributed by atoms with Gasteiger partial charge in [0.25, 0.3) is 0 Å². The highest BCUT2D eigenvalue weighted by molar-refractivity contribution is 7.91.